The summed E-state index contributed by atoms with van der Waals surface area (Å²) < 4.78 is 4.83. The molecule has 12 heteroatoms. The molecule has 0 aliphatic rings. The number of thioether (sulfide) groups is 1. The SMILES string of the molecule is CCOC(=O)CSc1[nH]c(NC(=O)CNc2cccc(Cl)c2)c(C(N)=O)c1C(N)=O. The molecule has 0 unspecified atom stereocenters. The number of anilines is 2. The molecular weight excluding hydrogens is 434 g/mol. The summed E-state index contributed by atoms with van der Waals surface area (Å²) in [6, 6.07) is 6.75. The standard InChI is InChI=1S/C18H20ClN5O5S/c1-2-29-12(26)8-30-18-14(16(21)28)13(15(20)27)17(24-18)23-11(25)7-22-10-5-3-4-9(19)6-10/h3-6,22,24H,2,7-8H2,1H3,(H2,20,27)(H2,21,28)(H,23,25). The first kappa shape index (κ1) is 23.1. The van der Waals surface area contributed by atoms with Crippen molar-refractivity contribution in [3.05, 3.63) is 40.4 Å². The minimum absolute atomic E-state index is 0.0967. The van der Waals surface area contributed by atoms with Crippen LogP contribution in [0, 0.1) is 0 Å². The first-order valence-corrected chi connectivity index (χ1v) is 10.0. The highest BCUT2D eigenvalue weighted by atomic mass is 35.5. The van der Waals surface area contributed by atoms with Gasteiger partial charge in [0.25, 0.3) is 11.8 Å². The molecule has 0 aliphatic heterocycles. The number of aromatic amines is 1. The molecule has 1 heterocycles. The van der Waals surface area contributed by atoms with Gasteiger partial charge >= 0.3 is 5.97 Å². The summed E-state index contributed by atoms with van der Waals surface area (Å²) in [5.41, 5.74) is 10.9. The van der Waals surface area contributed by atoms with Gasteiger partial charge in [-0.2, -0.15) is 0 Å². The molecule has 30 heavy (non-hydrogen) atoms. The number of esters is 1. The van der Waals surface area contributed by atoms with E-state index in [2.05, 4.69) is 15.6 Å². The van der Waals surface area contributed by atoms with Gasteiger partial charge in [0.15, 0.2) is 0 Å². The third kappa shape index (κ3) is 6.16. The Kier molecular flexibility index (Phi) is 8.13. The maximum atomic E-state index is 12.3. The summed E-state index contributed by atoms with van der Waals surface area (Å²) in [6.07, 6.45) is 0. The van der Waals surface area contributed by atoms with Crippen molar-refractivity contribution in [1.29, 1.82) is 0 Å². The largest absolute Gasteiger partial charge is 0.465 e. The van der Waals surface area contributed by atoms with Crippen molar-refractivity contribution in [3.8, 4) is 0 Å². The number of nitrogens with one attached hydrogen (secondary N) is 3. The molecule has 10 nitrogen and oxygen atoms in total. The van der Waals surface area contributed by atoms with E-state index in [1.165, 1.54) is 0 Å². The maximum absolute atomic E-state index is 12.3. The molecule has 0 aliphatic carbocycles. The van der Waals surface area contributed by atoms with Gasteiger partial charge in [-0.05, 0) is 25.1 Å². The van der Waals surface area contributed by atoms with Crippen molar-refractivity contribution in [3.63, 3.8) is 0 Å². The predicted octanol–water partition coefficient (Wildman–Crippen LogP) is 1.57. The first-order valence-electron chi connectivity index (χ1n) is 8.66. The number of primary amides is 2. The Labute approximate surface area is 181 Å². The van der Waals surface area contributed by atoms with Crippen LogP contribution in [0.3, 0.4) is 0 Å². The van der Waals surface area contributed by atoms with Crippen LogP contribution in [-0.4, -0.2) is 47.6 Å². The van der Waals surface area contributed by atoms with E-state index in [4.69, 9.17) is 27.8 Å². The predicted molar refractivity (Wildman–Crippen MR) is 114 cm³/mol. The van der Waals surface area contributed by atoms with E-state index in [0.29, 0.717) is 10.7 Å². The van der Waals surface area contributed by atoms with E-state index >= 15 is 0 Å². The zero-order valence-electron chi connectivity index (χ0n) is 15.9. The molecule has 1 aromatic heterocycles. The van der Waals surface area contributed by atoms with Crippen molar-refractivity contribution in [1.82, 2.24) is 4.98 Å². The van der Waals surface area contributed by atoms with Crippen molar-refractivity contribution in [2.75, 3.05) is 29.5 Å². The van der Waals surface area contributed by atoms with E-state index in [9.17, 15) is 19.2 Å². The third-order valence-electron chi connectivity index (χ3n) is 3.64. The fourth-order valence-corrected chi connectivity index (χ4v) is 3.52. The second-order valence-electron chi connectivity index (χ2n) is 5.81. The van der Waals surface area contributed by atoms with E-state index in [-0.39, 0.29) is 40.9 Å². The molecule has 7 N–H and O–H groups in total. The lowest BCUT2D eigenvalue weighted by Crippen LogP contribution is -2.25. The summed E-state index contributed by atoms with van der Waals surface area (Å²) in [4.78, 5) is 50.4. The molecule has 0 bridgehead atoms. The number of aromatic nitrogens is 1. The molecule has 0 spiro atoms. The van der Waals surface area contributed by atoms with Gasteiger partial charge in [0.05, 0.1) is 35.1 Å². The molecule has 0 saturated heterocycles. The molecule has 0 saturated carbocycles. The van der Waals surface area contributed by atoms with Crippen LogP contribution in [0.4, 0.5) is 11.5 Å². The van der Waals surface area contributed by atoms with E-state index in [0.717, 1.165) is 11.8 Å². The average molecular weight is 454 g/mol. The summed E-state index contributed by atoms with van der Waals surface area (Å²) in [5.74, 6) is -3.21. The van der Waals surface area contributed by atoms with Crippen LogP contribution in [0.1, 0.15) is 27.6 Å². The van der Waals surface area contributed by atoms with Gasteiger partial charge in [-0.15, -0.1) is 0 Å². The molecule has 1 aromatic carbocycles. The number of benzene rings is 1. The monoisotopic (exact) mass is 453 g/mol. The maximum Gasteiger partial charge on any atom is 0.316 e. The van der Waals surface area contributed by atoms with Crippen LogP contribution in [0.15, 0.2) is 29.3 Å². The average Bonchev–Trinajstić information content (AvgIpc) is 3.03. The number of halogens is 1. The fourth-order valence-electron chi connectivity index (χ4n) is 2.46. The van der Waals surface area contributed by atoms with Crippen molar-refractivity contribution < 1.29 is 23.9 Å². The Bertz CT molecular complexity index is 978. The van der Waals surface area contributed by atoms with Gasteiger partial charge in [-0.3, -0.25) is 19.2 Å². The second-order valence-corrected chi connectivity index (χ2v) is 7.24. The van der Waals surface area contributed by atoms with Crippen LogP contribution in [0.2, 0.25) is 5.02 Å². The smallest absolute Gasteiger partial charge is 0.316 e. The Hall–Kier alpha value is -3.18. The van der Waals surface area contributed by atoms with Crippen molar-refractivity contribution >= 4 is 58.6 Å². The Balaban J connectivity index is 2.19. The molecule has 3 amide bonds. The number of rotatable bonds is 10. The highest BCUT2D eigenvalue weighted by molar-refractivity contribution is 8.00. The van der Waals surface area contributed by atoms with Crippen LogP contribution >= 0.6 is 23.4 Å². The Morgan fingerprint density at radius 2 is 1.87 bits per heavy atom. The van der Waals surface area contributed by atoms with Gasteiger partial charge in [-0.25, -0.2) is 0 Å². The van der Waals surface area contributed by atoms with Gasteiger partial charge in [-0.1, -0.05) is 29.4 Å². The third-order valence-corrected chi connectivity index (χ3v) is 4.85. The number of amides is 3. The second kappa shape index (κ2) is 10.6. The molecule has 160 valence electrons. The summed E-state index contributed by atoms with van der Waals surface area (Å²) in [6.45, 7) is 1.69. The number of nitrogens with two attached hydrogens (primary N) is 2. The molecule has 0 radical (unpaired) electrons. The normalized spacial score (nSPS) is 10.3. The van der Waals surface area contributed by atoms with E-state index < -0.39 is 23.7 Å². The highest BCUT2D eigenvalue weighted by Crippen LogP contribution is 2.30. The number of hydrogen-bond acceptors (Lipinski definition) is 7. The molecule has 2 rings (SSSR count). The number of ether oxygens (including phenoxy) is 1. The number of carbonyl (C=O) groups excluding carboxylic acids is 4. The van der Waals surface area contributed by atoms with Crippen LogP contribution in [0.25, 0.3) is 0 Å². The molecule has 2 aromatic rings. The lowest BCUT2D eigenvalue weighted by Gasteiger charge is -2.08. The molecular formula is C18H20ClN5O5S. The number of hydrogen-bond donors (Lipinski definition) is 5. The molecule has 0 atom stereocenters. The zero-order chi connectivity index (χ0) is 22.3. The van der Waals surface area contributed by atoms with Crippen LogP contribution in [-0.2, 0) is 14.3 Å². The van der Waals surface area contributed by atoms with Gasteiger partial charge in [0, 0.05) is 10.7 Å². The van der Waals surface area contributed by atoms with Crippen LogP contribution < -0.4 is 22.1 Å². The van der Waals surface area contributed by atoms with E-state index in [1.54, 1.807) is 31.2 Å². The summed E-state index contributed by atoms with van der Waals surface area (Å²) in [5, 5.41) is 5.95. The van der Waals surface area contributed by atoms with Gasteiger partial charge < -0.3 is 31.8 Å². The fraction of sp³-hybridized carbons (Fsp3) is 0.222. The van der Waals surface area contributed by atoms with Crippen molar-refractivity contribution in [2.24, 2.45) is 11.5 Å². The highest BCUT2D eigenvalue weighted by Gasteiger charge is 2.27. The molecule has 0 fully saturated rings. The Morgan fingerprint density at radius 1 is 1.17 bits per heavy atom. The number of H-pyrrole nitrogens is 1. The van der Waals surface area contributed by atoms with E-state index in [1.807, 2.05) is 0 Å². The van der Waals surface area contributed by atoms with Gasteiger partial charge in [0.2, 0.25) is 5.91 Å². The quantitative estimate of drug-likeness (QED) is 0.268. The van der Waals surface area contributed by atoms with Gasteiger partial charge in [0.1, 0.15) is 5.82 Å². The van der Waals surface area contributed by atoms with Crippen LogP contribution in [0.5, 0.6) is 0 Å². The Morgan fingerprint density at radius 3 is 2.47 bits per heavy atom. The topological polar surface area (TPSA) is 169 Å². The first-order chi connectivity index (χ1) is 14.2. The lowest BCUT2D eigenvalue weighted by atomic mass is 10.1. The summed E-state index contributed by atoms with van der Waals surface area (Å²) in [7, 11) is 0. The number of carbonyl (C=O) groups is 4. The zero-order valence-corrected chi connectivity index (χ0v) is 17.5. The van der Waals surface area contributed by atoms with Crippen molar-refractivity contribution in [2.45, 2.75) is 11.9 Å². The summed E-state index contributed by atoms with van der Waals surface area (Å²) >= 11 is 6.79. The lowest BCUT2D eigenvalue weighted by molar-refractivity contribution is -0.139. The minimum atomic E-state index is -0.971. The minimum Gasteiger partial charge on any atom is -0.465 e.